The Hall–Kier alpha value is -1.63. The van der Waals surface area contributed by atoms with Crippen molar-refractivity contribution < 1.29 is 4.48 Å². The highest BCUT2D eigenvalue weighted by Gasteiger charge is 2.18. The molecule has 0 unspecified atom stereocenters. The van der Waals surface area contributed by atoms with Crippen LogP contribution in [0, 0.1) is 0 Å². The van der Waals surface area contributed by atoms with Crippen LogP contribution >= 0.6 is 23.1 Å². The molecule has 0 saturated carbocycles. The SMILES string of the molecule is CC[N+](C)(CC)CCSc1nc2ccsc2c(=O)n1-c1ccccc1. The van der Waals surface area contributed by atoms with Gasteiger partial charge in [-0.05, 0) is 37.4 Å². The standard InChI is InChI=1S/C19H24N3OS2/c1-4-22(3,5-2)12-14-25-19-20-16-11-13-24-17(16)18(23)21(19)15-9-7-6-8-10-15/h6-11,13H,4-5,12,14H2,1-3H3/q+1. The van der Waals surface area contributed by atoms with Gasteiger partial charge >= 0.3 is 0 Å². The second-order valence-electron chi connectivity index (χ2n) is 6.33. The number of benzene rings is 1. The third kappa shape index (κ3) is 3.81. The average molecular weight is 375 g/mol. The van der Waals surface area contributed by atoms with Crippen molar-refractivity contribution in [2.24, 2.45) is 0 Å². The maximum Gasteiger partial charge on any atom is 0.276 e. The monoisotopic (exact) mass is 374 g/mol. The zero-order valence-corrected chi connectivity index (χ0v) is 16.6. The number of quaternary nitrogens is 1. The van der Waals surface area contributed by atoms with Gasteiger partial charge in [0.2, 0.25) is 0 Å². The Morgan fingerprint density at radius 2 is 1.88 bits per heavy atom. The summed E-state index contributed by atoms with van der Waals surface area (Å²) in [6, 6.07) is 11.7. The molecular weight excluding hydrogens is 350 g/mol. The molecule has 3 rings (SSSR count). The predicted octanol–water partition coefficient (Wildman–Crippen LogP) is 4.03. The number of aromatic nitrogens is 2. The Bertz CT molecular complexity index is 898. The van der Waals surface area contributed by atoms with E-state index in [0.717, 1.165) is 50.9 Å². The average Bonchev–Trinajstić information content (AvgIpc) is 3.11. The molecule has 0 aliphatic heterocycles. The molecule has 6 heteroatoms. The maximum absolute atomic E-state index is 13.0. The Morgan fingerprint density at radius 3 is 2.56 bits per heavy atom. The zero-order chi connectivity index (χ0) is 17.9. The quantitative estimate of drug-likeness (QED) is 0.356. The molecule has 2 aromatic heterocycles. The van der Waals surface area contributed by atoms with Gasteiger partial charge in [-0.2, -0.15) is 0 Å². The minimum absolute atomic E-state index is 0.0249. The number of rotatable bonds is 7. The second-order valence-corrected chi connectivity index (χ2v) is 8.31. The van der Waals surface area contributed by atoms with E-state index in [4.69, 9.17) is 4.98 Å². The Kier molecular flexibility index (Phi) is 5.61. The number of thiophene rings is 1. The molecule has 0 radical (unpaired) electrons. The third-order valence-corrected chi connectivity index (χ3v) is 6.66. The predicted molar refractivity (Wildman–Crippen MR) is 108 cm³/mol. The van der Waals surface area contributed by atoms with E-state index in [1.165, 1.54) is 11.3 Å². The van der Waals surface area contributed by atoms with Crippen LogP contribution in [0.25, 0.3) is 15.9 Å². The first-order valence-electron chi connectivity index (χ1n) is 8.60. The minimum atomic E-state index is 0.0249. The normalized spacial score (nSPS) is 12.0. The molecule has 0 atom stereocenters. The summed E-state index contributed by atoms with van der Waals surface area (Å²) in [5.41, 5.74) is 1.70. The van der Waals surface area contributed by atoms with Gasteiger partial charge in [-0.3, -0.25) is 9.36 Å². The van der Waals surface area contributed by atoms with Gasteiger partial charge in [0, 0.05) is 0 Å². The van der Waals surface area contributed by atoms with Crippen molar-refractivity contribution in [1.82, 2.24) is 9.55 Å². The van der Waals surface area contributed by atoms with Crippen LogP contribution < -0.4 is 5.56 Å². The fourth-order valence-corrected chi connectivity index (χ4v) is 4.65. The lowest BCUT2D eigenvalue weighted by molar-refractivity contribution is -0.903. The van der Waals surface area contributed by atoms with Gasteiger partial charge in [-0.1, -0.05) is 30.0 Å². The van der Waals surface area contributed by atoms with Crippen molar-refractivity contribution in [3.63, 3.8) is 0 Å². The van der Waals surface area contributed by atoms with E-state index in [-0.39, 0.29) is 5.56 Å². The zero-order valence-electron chi connectivity index (χ0n) is 14.9. The number of thioether (sulfide) groups is 1. The van der Waals surface area contributed by atoms with Crippen LogP contribution in [0.3, 0.4) is 0 Å². The van der Waals surface area contributed by atoms with E-state index in [2.05, 4.69) is 20.9 Å². The summed E-state index contributed by atoms with van der Waals surface area (Å²) < 4.78 is 3.51. The number of nitrogens with zero attached hydrogens (tertiary/aromatic N) is 3. The Labute approximate surface area is 156 Å². The van der Waals surface area contributed by atoms with E-state index < -0.39 is 0 Å². The van der Waals surface area contributed by atoms with Crippen molar-refractivity contribution in [2.75, 3.05) is 32.4 Å². The molecule has 25 heavy (non-hydrogen) atoms. The van der Waals surface area contributed by atoms with Crippen molar-refractivity contribution in [3.05, 3.63) is 52.1 Å². The lowest BCUT2D eigenvalue weighted by Gasteiger charge is -2.31. The van der Waals surface area contributed by atoms with Gasteiger partial charge in [0.25, 0.3) is 5.56 Å². The molecule has 0 spiro atoms. The largest absolute Gasteiger partial charge is 0.326 e. The van der Waals surface area contributed by atoms with Gasteiger partial charge in [0.1, 0.15) is 4.70 Å². The summed E-state index contributed by atoms with van der Waals surface area (Å²) >= 11 is 3.13. The summed E-state index contributed by atoms with van der Waals surface area (Å²) in [5.74, 6) is 0.938. The smallest absolute Gasteiger partial charge is 0.276 e. The molecule has 1 aromatic carbocycles. The Morgan fingerprint density at radius 1 is 1.16 bits per heavy atom. The van der Waals surface area contributed by atoms with Gasteiger partial charge in [0.05, 0.1) is 43.6 Å². The van der Waals surface area contributed by atoms with E-state index in [0.29, 0.717) is 0 Å². The minimum Gasteiger partial charge on any atom is -0.326 e. The molecular formula is C19H24N3OS2+. The van der Waals surface area contributed by atoms with Crippen LogP contribution in [0.1, 0.15) is 13.8 Å². The van der Waals surface area contributed by atoms with Crippen molar-refractivity contribution in [3.8, 4) is 5.69 Å². The highest BCUT2D eigenvalue weighted by atomic mass is 32.2. The first-order chi connectivity index (χ1) is 12.1. The maximum atomic E-state index is 13.0. The molecule has 0 bridgehead atoms. The number of fused-ring (bicyclic) bond motifs is 1. The summed E-state index contributed by atoms with van der Waals surface area (Å²) in [5, 5.41) is 2.71. The second kappa shape index (κ2) is 7.72. The lowest BCUT2D eigenvalue weighted by Crippen LogP contribution is -2.45. The fraction of sp³-hybridized carbons (Fsp3) is 0.368. The van der Waals surface area contributed by atoms with E-state index in [1.54, 1.807) is 16.3 Å². The van der Waals surface area contributed by atoms with Gasteiger partial charge in [0.15, 0.2) is 5.16 Å². The molecule has 0 aliphatic rings. The van der Waals surface area contributed by atoms with Crippen molar-refractivity contribution >= 4 is 33.3 Å². The van der Waals surface area contributed by atoms with Crippen LogP contribution in [0.2, 0.25) is 0 Å². The molecule has 0 fully saturated rings. The van der Waals surface area contributed by atoms with Crippen LogP contribution in [0.15, 0.2) is 51.7 Å². The summed E-state index contributed by atoms with van der Waals surface area (Å²) in [6.07, 6.45) is 0. The first-order valence-corrected chi connectivity index (χ1v) is 10.5. The van der Waals surface area contributed by atoms with E-state index >= 15 is 0 Å². The van der Waals surface area contributed by atoms with Crippen molar-refractivity contribution in [1.29, 1.82) is 0 Å². The first kappa shape index (κ1) is 18.2. The Balaban J connectivity index is 1.97. The molecule has 132 valence electrons. The van der Waals surface area contributed by atoms with Gasteiger partial charge in [-0.15, -0.1) is 11.3 Å². The topological polar surface area (TPSA) is 34.9 Å². The lowest BCUT2D eigenvalue weighted by atomic mass is 10.3. The molecule has 0 saturated heterocycles. The molecule has 2 heterocycles. The summed E-state index contributed by atoms with van der Waals surface area (Å²) in [6.45, 7) is 7.73. The van der Waals surface area contributed by atoms with Gasteiger partial charge < -0.3 is 4.48 Å². The summed E-state index contributed by atoms with van der Waals surface area (Å²) in [7, 11) is 2.28. The summed E-state index contributed by atoms with van der Waals surface area (Å²) in [4.78, 5) is 17.8. The van der Waals surface area contributed by atoms with Crippen molar-refractivity contribution in [2.45, 2.75) is 19.0 Å². The van der Waals surface area contributed by atoms with Gasteiger partial charge in [-0.25, -0.2) is 4.98 Å². The highest BCUT2D eigenvalue weighted by Crippen LogP contribution is 2.24. The number of hydrogen-bond donors (Lipinski definition) is 0. The van der Waals surface area contributed by atoms with Crippen LogP contribution in [0.5, 0.6) is 0 Å². The van der Waals surface area contributed by atoms with E-state index in [1.807, 2.05) is 41.8 Å². The van der Waals surface area contributed by atoms with Crippen LogP contribution in [-0.4, -0.2) is 46.5 Å². The van der Waals surface area contributed by atoms with Crippen LogP contribution in [0.4, 0.5) is 0 Å². The highest BCUT2D eigenvalue weighted by molar-refractivity contribution is 7.99. The third-order valence-electron chi connectivity index (χ3n) is 4.85. The molecule has 4 nitrogen and oxygen atoms in total. The van der Waals surface area contributed by atoms with Crippen LogP contribution in [-0.2, 0) is 0 Å². The number of hydrogen-bond acceptors (Lipinski definition) is 4. The molecule has 0 aliphatic carbocycles. The molecule has 0 N–H and O–H groups in total. The molecule has 3 aromatic rings. The molecule has 0 amide bonds. The number of para-hydroxylation sites is 1. The fourth-order valence-electron chi connectivity index (χ4n) is 2.69. The van der Waals surface area contributed by atoms with E-state index in [9.17, 15) is 4.79 Å².